The lowest BCUT2D eigenvalue weighted by Gasteiger charge is -2.34. The normalized spacial score (nSPS) is 17.6. The Morgan fingerprint density at radius 1 is 1.10 bits per heavy atom. The fourth-order valence-electron chi connectivity index (χ4n) is 3.46. The zero-order valence-electron chi connectivity index (χ0n) is 16.6. The van der Waals surface area contributed by atoms with Crippen LogP contribution in [0.2, 0.25) is 0 Å². The maximum atomic E-state index is 13.1. The third-order valence-electron chi connectivity index (χ3n) is 5.22. The molecule has 1 aromatic carbocycles. The Morgan fingerprint density at radius 2 is 1.80 bits per heavy atom. The van der Waals surface area contributed by atoms with Gasteiger partial charge in [0.05, 0.1) is 18.1 Å². The highest BCUT2D eigenvalue weighted by molar-refractivity contribution is 7.89. The predicted molar refractivity (Wildman–Crippen MR) is 111 cm³/mol. The first-order chi connectivity index (χ1) is 14.4. The lowest BCUT2D eigenvalue weighted by Crippen LogP contribution is -2.51. The molecule has 0 unspecified atom stereocenters. The monoisotopic (exact) mass is 453 g/mol. The van der Waals surface area contributed by atoms with Gasteiger partial charge in [0.1, 0.15) is 6.54 Å². The Kier molecular flexibility index (Phi) is 5.85. The fraction of sp³-hybridized carbons (Fsp3) is 0.474. The molecule has 0 bridgehead atoms. The standard InChI is InChI=1S/C19H23N3O6S2/c1-14-13-29-19(24)22(14)12-18(23)20-5-7-21(8-6-20)30(25,26)15-3-4-16-17(11-15)28-10-2-9-27-16/h3-4,11,13H,2,5-10,12H2,1H3. The smallest absolute Gasteiger partial charge is 0.307 e. The summed E-state index contributed by atoms with van der Waals surface area (Å²) < 4.78 is 40.1. The molecule has 2 aliphatic rings. The molecule has 2 aliphatic heterocycles. The number of rotatable bonds is 4. The van der Waals surface area contributed by atoms with Gasteiger partial charge in [0.25, 0.3) is 0 Å². The summed E-state index contributed by atoms with van der Waals surface area (Å²) in [5.74, 6) is 0.783. The number of hydrogen-bond donors (Lipinski definition) is 0. The maximum Gasteiger partial charge on any atom is 0.307 e. The van der Waals surface area contributed by atoms with Crippen LogP contribution in [0.1, 0.15) is 12.1 Å². The Balaban J connectivity index is 1.42. The van der Waals surface area contributed by atoms with E-state index in [0.717, 1.165) is 23.5 Å². The summed E-state index contributed by atoms with van der Waals surface area (Å²) >= 11 is 1.06. The molecule has 30 heavy (non-hydrogen) atoms. The van der Waals surface area contributed by atoms with Crippen molar-refractivity contribution in [2.45, 2.75) is 24.8 Å². The average molecular weight is 454 g/mol. The SMILES string of the molecule is Cc1csc(=O)n1CC(=O)N1CCN(S(=O)(=O)c2ccc3c(c2)OCCCO3)CC1. The summed E-state index contributed by atoms with van der Waals surface area (Å²) in [6.45, 7) is 3.71. The van der Waals surface area contributed by atoms with Crippen molar-refractivity contribution in [3.63, 3.8) is 0 Å². The van der Waals surface area contributed by atoms with Crippen molar-refractivity contribution in [3.8, 4) is 11.5 Å². The van der Waals surface area contributed by atoms with Crippen molar-refractivity contribution in [2.24, 2.45) is 0 Å². The Bertz CT molecular complexity index is 1100. The zero-order valence-corrected chi connectivity index (χ0v) is 18.2. The summed E-state index contributed by atoms with van der Waals surface area (Å²) in [5, 5.41) is 1.72. The van der Waals surface area contributed by atoms with Crippen LogP contribution < -0.4 is 14.3 Å². The number of carbonyl (C=O) groups excluding carboxylic acids is 1. The molecule has 0 N–H and O–H groups in total. The molecule has 9 nitrogen and oxygen atoms in total. The lowest BCUT2D eigenvalue weighted by molar-refractivity contribution is -0.133. The Labute approximate surface area is 178 Å². The second-order valence-corrected chi connectivity index (χ2v) is 9.93. The van der Waals surface area contributed by atoms with Gasteiger partial charge in [-0.15, -0.1) is 0 Å². The van der Waals surface area contributed by atoms with Gasteiger partial charge in [0, 0.05) is 49.7 Å². The first-order valence-corrected chi connectivity index (χ1v) is 12.0. The van der Waals surface area contributed by atoms with Crippen LogP contribution in [0.25, 0.3) is 0 Å². The third kappa shape index (κ3) is 4.09. The van der Waals surface area contributed by atoms with E-state index in [1.807, 2.05) is 0 Å². The average Bonchev–Trinajstić information content (AvgIpc) is 2.94. The van der Waals surface area contributed by atoms with E-state index in [-0.39, 0.29) is 48.4 Å². The van der Waals surface area contributed by atoms with Crippen LogP contribution >= 0.6 is 11.3 Å². The minimum absolute atomic E-state index is 0.0247. The van der Waals surface area contributed by atoms with Crippen LogP contribution in [0.15, 0.2) is 33.3 Å². The number of benzene rings is 1. The molecular formula is C19H23N3O6S2. The van der Waals surface area contributed by atoms with Crippen molar-refractivity contribution in [2.75, 3.05) is 39.4 Å². The molecule has 1 saturated heterocycles. The van der Waals surface area contributed by atoms with E-state index in [0.29, 0.717) is 24.7 Å². The van der Waals surface area contributed by atoms with E-state index in [2.05, 4.69) is 0 Å². The van der Waals surface area contributed by atoms with Crippen molar-refractivity contribution >= 4 is 27.3 Å². The summed E-state index contributed by atoms with van der Waals surface area (Å²) in [7, 11) is -3.71. The third-order valence-corrected chi connectivity index (χ3v) is 7.99. The summed E-state index contributed by atoms with van der Waals surface area (Å²) in [4.78, 5) is 26.0. The van der Waals surface area contributed by atoms with E-state index < -0.39 is 10.0 Å². The number of thiazole rings is 1. The number of aromatic nitrogens is 1. The van der Waals surface area contributed by atoms with Gasteiger partial charge in [0.2, 0.25) is 15.9 Å². The summed E-state index contributed by atoms with van der Waals surface area (Å²) in [6.07, 6.45) is 0.740. The van der Waals surface area contributed by atoms with Crippen LogP contribution in [-0.2, 0) is 21.4 Å². The first kappa shape index (κ1) is 20.9. The van der Waals surface area contributed by atoms with Crippen molar-refractivity contribution in [1.82, 2.24) is 13.8 Å². The number of aryl methyl sites for hydroxylation is 1. The first-order valence-electron chi connectivity index (χ1n) is 9.69. The molecule has 162 valence electrons. The van der Waals surface area contributed by atoms with Crippen LogP contribution in [-0.4, -0.2) is 67.5 Å². The Morgan fingerprint density at radius 3 is 2.47 bits per heavy atom. The van der Waals surface area contributed by atoms with E-state index in [1.54, 1.807) is 23.3 Å². The Hall–Kier alpha value is -2.37. The topological polar surface area (TPSA) is 98.2 Å². The second kappa shape index (κ2) is 8.40. The number of sulfonamides is 1. The van der Waals surface area contributed by atoms with E-state index in [1.165, 1.54) is 21.0 Å². The molecule has 2 aromatic rings. The fourth-order valence-corrected chi connectivity index (χ4v) is 5.63. The van der Waals surface area contributed by atoms with E-state index in [4.69, 9.17) is 9.47 Å². The van der Waals surface area contributed by atoms with Crippen LogP contribution in [0, 0.1) is 6.92 Å². The van der Waals surface area contributed by atoms with Gasteiger partial charge in [-0.25, -0.2) is 8.42 Å². The molecule has 0 spiro atoms. The van der Waals surface area contributed by atoms with Crippen LogP contribution in [0.5, 0.6) is 11.5 Å². The van der Waals surface area contributed by atoms with Gasteiger partial charge in [-0.1, -0.05) is 11.3 Å². The minimum Gasteiger partial charge on any atom is -0.490 e. The minimum atomic E-state index is -3.71. The van der Waals surface area contributed by atoms with E-state index >= 15 is 0 Å². The van der Waals surface area contributed by atoms with Crippen LogP contribution in [0.3, 0.4) is 0 Å². The molecule has 4 rings (SSSR count). The molecule has 0 aliphatic carbocycles. The van der Waals surface area contributed by atoms with Gasteiger partial charge in [-0.05, 0) is 19.1 Å². The number of nitrogens with zero attached hydrogens (tertiary/aromatic N) is 3. The predicted octanol–water partition coefficient (Wildman–Crippen LogP) is 0.913. The van der Waals surface area contributed by atoms with Crippen LogP contribution in [0.4, 0.5) is 0 Å². The number of ether oxygens (including phenoxy) is 2. The van der Waals surface area contributed by atoms with Crippen molar-refractivity contribution in [3.05, 3.63) is 38.9 Å². The second-order valence-electron chi connectivity index (χ2n) is 7.17. The number of fused-ring (bicyclic) bond motifs is 1. The molecule has 0 atom stereocenters. The molecule has 0 radical (unpaired) electrons. The highest BCUT2D eigenvalue weighted by Crippen LogP contribution is 2.33. The van der Waals surface area contributed by atoms with Gasteiger partial charge in [-0.3, -0.25) is 14.2 Å². The molecule has 0 saturated carbocycles. The number of amides is 1. The molecule has 11 heteroatoms. The zero-order chi connectivity index (χ0) is 21.3. The van der Waals surface area contributed by atoms with Crippen molar-refractivity contribution < 1.29 is 22.7 Å². The number of piperazine rings is 1. The number of carbonyl (C=O) groups is 1. The molecule has 3 heterocycles. The highest BCUT2D eigenvalue weighted by atomic mass is 32.2. The highest BCUT2D eigenvalue weighted by Gasteiger charge is 2.31. The van der Waals surface area contributed by atoms with Gasteiger partial charge >= 0.3 is 4.87 Å². The molecular weight excluding hydrogens is 430 g/mol. The lowest BCUT2D eigenvalue weighted by atomic mass is 10.3. The number of hydrogen-bond acceptors (Lipinski definition) is 7. The van der Waals surface area contributed by atoms with Gasteiger partial charge in [-0.2, -0.15) is 4.31 Å². The summed E-state index contributed by atoms with van der Waals surface area (Å²) in [6, 6.07) is 4.64. The molecule has 1 fully saturated rings. The quantitative estimate of drug-likeness (QED) is 0.683. The van der Waals surface area contributed by atoms with Gasteiger partial charge < -0.3 is 14.4 Å². The van der Waals surface area contributed by atoms with Crippen molar-refractivity contribution in [1.29, 1.82) is 0 Å². The molecule has 1 aromatic heterocycles. The summed E-state index contributed by atoms with van der Waals surface area (Å²) in [5.41, 5.74) is 0.744. The molecule has 1 amide bonds. The largest absolute Gasteiger partial charge is 0.490 e. The van der Waals surface area contributed by atoms with E-state index in [9.17, 15) is 18.0 Å². The maximum absolute atomic E-state index is 13.1. The van der Waals surface area contributed by atoms with Gasteiger partial charge in [0.15, 0.2) is 11.5 Å².